The number of fused-ring (bicyclic) bond motifs is 1. The Kier molecular flexibility index (Phi) is 5.46. The van der Waals surface area contributed by atoms with Crippen LogP contribution in [0.5, 0.6) is 0 Å². The predicted molar refractivity (Wildman–Crippen MR) is 114 cm³/mol. The fourth-order valence-corrected chi connectivity index (χ4v) is 4.46. The average Bonchev–Trinajstić information content (AvgIpc) is 3.27. The van der Waals surface area contributed by atoms with Gasteiger partial charge >= 0.3 is 0 Å². The molecule has 4 rings (SSSR count). The van der Waals surface area contributed by atoms with Crippen molar-refractivity contribution in [2.75, 3.05) is 12.4 Å². The van der Waals surface area contributed by atoms with Gasteiger partial charge in [-0.05, 0) is 59.0 Å². The summed E-state index contributed by atoms with van der Waals surface area (Å²) in [4.78, 5) is 21.1. The molecular formula is C20H22BrFN6O2. The van der Waals surface area contributed by atoms with Gasteiger partial charge in [-0.1, -0.05) is 6.92 Å². The highest BCUT2D eigenvalue weighted by atomic mass is 79.9. The first-order valence-corrected chi connectivity index (χ1v) is 10.4. The van der Waals surface area contributed by atoms with E-state index in [0.717, 1.165) is 12.8 Å². The summed E-state index contributed by atoms with van der Waals surface area (Å²) >= 11 is 3.40. The van der Waals surface area contributed by atoms with Crippen LogP contribution >= 0.6 is 15.9 Å². The SMILES string of the molecule is CNC(=O)C1(C)CC[C@@H](Nc2ncc3c(Br)nn(-c4cc(F)cc(CO)c4)c3n2)C1. The first-order chi connectivity index (χ1) is 14.3. The zero-order valence-electron chi connectivity index (χ0n) is 16.6. The number of hydrogen-bond acceptors (Lipinski definition) is 6. The highest BCUT2D eigenvalue weighted by Gasteiger charge is 2.40. The molecule has 8 nitrogen and oxygen atoms in total. The largest absolute Gasteiger partial charge is 0.392 e. The molecule has 0 spiro atoms. The van der Waals surface area contributed by atoms with Crippen LogP contribution in [0.2, 0.25) is 0 Å². The lowest BCUT2D eigenvalue weighted by Gasteiger charge is -2.22. The molecule has 30 heavy (non-hydrogen) atoms. The second kappa shape index (κ2) is 7.92. The summed E-state index contributed by atoms with van der Waals surface area (Å²) in [6, 6.07) is 4.33. The molecule has 0 aliphatic heterocycles. The van der Waals surface area contributed by atoms with Crippen molar-refractivity contribution in [3.8, 4) is 5.69 Å². The Bertz CT molecular complexity index is 1120. The van der Waals surface area contributed by atoms with E-state index in [1.807, 2.05) is 6.92 Å². The molecule has 1 aromatic carbocycles. The molecule has 1 unspecified atom stereocenters. The molecule has 0 saturated heterocycles. The summed E-state index contributed by atoms with van der Waals surface area (Å²) in [5.74, 6) is -0.0137. The number of nitrogens with zero attached hydrogens (tertiary/aromatic N) is 4. The van der Waals surface area contributed by atoms with Crippen LogP contribution in [0.4, 0.5) is 10.3 Å². The number of aromatic nitrogens is 4. The summed E-state index contributed by atoms with van der Waals surface area (Å²) in [7, 11) is 1.65. The Balaban J connectivity index is 1.66. The van der Waals surface area contributed by atoms with Gasteiger partial charge in [0.1, 0.15) is 10.4 Å². The number of hydrogen-bond donors (Lipinski definition) is 3. The zero-order valence-corrected chi connectivity index (χ0v) is 18.2. The number of amides is 1. The Hall–Kier alpha value is -2.59. The molecule has 2 aromatic heterocycles. The molecule has 1 amide bonds. The van der Waals surface area contributed by atoms with E-state index in [1.165, 1.54) is 16.8 Å². The number of aliphatic hydroxyl groups is 1. The molecule has 3 aromatic rings. The predicted octanol–water partition coefficient (Wildman–Crippen LogP) is 2.93. The van der Waals surface area contributed by atoms with Crippen LogP contribution in [0.25, 0.3) is 16.7 Å². The normalized spacial score (nSPS) is 21.2. The molecule has 2 heterocycles. The lowest BCUT2D eigenvalue weighted by Crippen LogP contribution is -2.35. The third-order valence-corrected chi connectivity index (χ3v) is 6.18. The fraction of sp³-hybridized carbons (Fsp3) is 0.400. The van der Waals surface area contributed by atoms with E-state index in [2.05, 4.69) is 41.6 Å². The Morgan fingerprint density at radius 1 is 1.43 bits per heavy atom. The van der Waals surface area contributed by atoms with Crippen molar-refractivity contribution in [1.29, 1.82) is 0 Å². The second-order valence-corrected chi connectivity index (χ2v) is 8.58. The first-order valence-electron chi connectivity index (χ1n) is 9.63. The lowest BCUT2D eigenvalue weighted by molar-refractivity contribution is -0.129. The van der Waals surface area contributed by atoms with E-state index in [9.17, 15) is 14.3 Å². The zero-order chi connectivity index (χ0) is 21.5. The molecular weight excluding hydrogens is 455 g/mol. The van der Waals surface area contributed by atoms with Crippen LogP contribution in [0.3, 0.4) is 0 Å². The Labute approximate surface area is 181 Å². The molecule has 2 atom stereocenters. The molecule has 10 heteroatoms. The first kappa shape index (κ1) is 20.7. The minimum atomic E-state index is -0.469. The average molecular weight is 477 g/mol. The van der Waals surface area contributed by atoms with Crippen LogP contribution in [-0.4, -0.2) is 43.9 Å². The van der Waals surface area contributed by atoms with Gasteiger partial charge in [0.05, 0.1) is 17.7 Å². The highest BCUT2D eigenvalue weighted by Crippen LogP contribution is 2.39. The van der Waals surface area contributed by atoms with Gasteiger partial charge in [-0.25, -0.2) is 14.1 Å². The summed E-state index contributed by atoms with van der Waals surface area (Å²) < 4.78 is 16.0. The summed E-state index contributed by atoms with van der Waals surface area (Å²) in [6.07, 6.45) is 3.94. The maximum absolute atomic E-state index is 14.0. The van der Waals surface area contributed by atoms with E-state index >= 15 is 0 Å². The maximum Gasteiger partial charge on any atom is 0.225 e. The van der Waals surface area contributed by atoms with Gasteiger partial charge in [-0.3, -0.25) is 4.79 Å². The van der Waals surface area contributed by atoms with Crippen LogP contribution in [0.1, 0.15) is 31.7 Å². The second-order valence-electron chi connectivity index (χ2n) is 7.83. The number of halogens is 2. The van der Waals surface area contributed by atoms with Crippen molar-refractivity contribution >= 4 is 38.8 Å². The summed E-state index contributed by atoms with van der Waals surface area (Å²) in [5, 5.41) is 20.5. The van der Waals surface area contributed by atoms with E-state index in [1.54, 1.807) is 19.3 Å². The molecule has 1 fully saturated rings. The third-order valence-electron chi connectivity index (χ3n) is 5.60. The third kappa shape index (κ3) is 3.77. The van der Waals surface area contributed by atoms with E-state index in [4.69, 9.17) is 0 Å². The number of carbonyl (C=O) groups excluding carboxylic acids is 1. The smallest absolute Gasteiger partial charge is 0.225 e. The Morgan fingerprint density at radius 3 is 2.97 bits per heavy atom. The summed E-state index contributed by atoms with van der Waals surface area (Å²) in [5.41, 5.74) is 0.980. The quantitative estimate of drug-likeness (QED) is 0.522. The molecule has 1 aliphatic carbocycles. The monoisotopic (exact) mass is 476 g/mol. The van der Waals surface area contributed by atoms with Gasteiger partial charge in [-0.2, -0.15) is 10.1 Å². The minimum absolute atomic E-state index is 0.0379. The van der Waals surface area contributed by atoms with Crippen LogP contribution < -0.4 is 10.6 Å². The number of aliphatic hydroxyl groups excluding tert-OH is 1. The standard InChI is InChI=1S/C20H22BrFN6O2/c1-20(18(30)23-2)4-3-13(8-20)25-19-24-9-15-16(21)27-28(17(15)26-19)14-6-11(10-29)5-12(22)7-14/h5-7,9,13,29H,3-4,8,10H2,1-2H3,(H,23,30)(H,24,25,26)/t13-,20?/m1/s1. The number of nitrogens with one attached hydrogen (secondary N) is 2. The maximum atomic E-state index is 14.0. The molecule has 1 saturated carbocycles. The molecule has 0 bridgehead atoms. The number of anilines is 1. The fourth-order valence-electron chi connectivity index (χ4n) is 4.02. The van der Waals surface area contributed by atoms with Crippen molar-refractivity contribution in [2.45, 2.75) is 38.8 Å². The van der Waals surface area contributed by atoms with Gasteiger partial charge in [0, 0.05) is 24.7 Å². The molecule has 158 valence electrons. The highest BCUT2D eigenvalue weighted by molar-refractivity contribution is 9.10. The van der Waals surface area contributed by atoms with Gasteiger partial charge < -0.3 is 15.7 Å². The van der Waals surface area contributed by atoms with Crippen LogP contribution in [0, 0.1) is 11.2 Å². The van der Waals surface area contributed by atoms with E-state index in [-0.39, 0.29) is 18.6 Å². The molecule has 0 radical (unpaired) electrons. The van der Waals surface area contributed by atoms with Gasteiger partial charge in [0.25, 0.3) is 0 Å². The molecule has 3 N–H and O–H groups in total. The summed E-state index contributed by atoms with van der Waals surface area (Å²) in [6.45, 7) is 1.69. The van der Waals surface area contributed by atoms with E-state index in [0.29, 0.717) is 39.3 Å². The number of benzene rings is 1. The lowest BCUT2D eigenvalue weighted by atomic mass is 9.87. The van der Waals surface area contributed by atoms with Crippen LogP contribution in [0.15, 0.2) is 29.0 Å². The number of carbonyl (C=O) groups is 1. The van der Waals surface area contributed by atoms with Crippen molar-refractivity contribution in [3.05, 3.63) is 40.4 Å². The van der Waals surface area contributed by atoms with Gasteiger partial charge in [0.15, 0.2) is 5.65 Å². The molecule has 1 aliphatic rings. The van der Waals surface area contributed by atoms with Crippen molar-refractivity contribution in [1.82, 2.24) is 25.1 Å². The number of rotatable bonds is 5. The van der Waals surface area contributed by atoms with Crippen LogP contribution in [-0.2, 0) is 11.4 Å². The van der Waals surface area contributed by atoms with Gasteiger partial charge in [0.2, 0.25) is 11.9 Å². The van der Waals surface area contributed by atoms with Crippen molar-refractivity contribution in [3.63, 3.8) is 0 Å². The van der Waals surface area contributed by atoms with E-state index < -0.39 is 11.2 Å². The van der Waals surface area contributed by atoms with Crippen molar-refractivity contribution < 1.29 is 14.3 Å². The minimum Gasteiger partial charge on any atom is -0.392 e. The Morgan fingerprint density at radius 2 is 2.23 bits per heavy atom. The van der Waals surface area contributed by atoms with Gasteiger partial charge in [-0.15, -0.1) is 0 Å². The van der Waals surface area contributed by atoms with Crippen molar-refractivity contribution in [2.24, 2.45) is 5.41 Å². The topological polar surface area (TPSA) is 105 Å².